The summed E-state index contributed by atoms with van der Waals surface area (Å²) in [5.74, 6) is 0.291. The van der Waals surface area contributed by atoms with Crippen LogP contribution in [-0.2, 0) is 0 Å². The van der Waals surface area contributed by atoms with Crippen LogP contribution in [0.3, 0.4) is 0 Å². The zero-order valence-corrected chi connectivity index (χ0v) is 14.6. The molecule has 1 atom stereocenters. The van der Waals surface area contributed by atoms with Crippen LogP contribution in [0.4, 0.5) is 11.5 Å². The molecule has 2 heterocycles. The largest absolute Gasteiger partial charge is 0.367 e. The number of nitrogens with one attached hydrogen (secondary N) is 1. The van der Waals surface area contributed by atoms with Crippen LogP contribution < -0.4 is 10.2 Å². The highest BCUT2D eigenvalue weighted by Crippen LogP contribution is 2.26. The third kappa shape index (κ3) is 3.70. The number of carbonyl (C=O) groups excluding carboxylic acids is 1. The molecule has 5 heteroatoms. The predicted molar refractivity (Wildman–Crippen MR) is 98.9 cm³/mol. The summed E-state index contributed by atoms with van der Waals surface area (Å²) in [5.41, 5.74) is 1.57. The summed E-state index contributed by atoms with van der Waals surface area (Å²) in [6, 6.07) is 11.5. The number of amides is 1. The van der Waals surface area contributed by atoms with Crippen LogP contribution in [0.1, 0.15) is 43.0 Å². The molecule has 126 valence electrons. The quantitative estimate of drug-likeness (QED) is 0.870. The monoisotopic (exact) mass is 343 g/mol. The van der Waals surface area contributed by atoms with Crippen molar-refractivity contribution in [3.8, 4) is 0 Å². The van der Waals surface area contributed by atoms with Gasteiger partial charge in [0.25, 0.3) is 5.91 Å². The summed E-state index contributed by atoms with van der Waals surface area (Å²) in [7, 11) is 0. The first-order chi connectivity index (χ1) is 11.7. The van der Waals surface area contributed by atoms with Crippen LogP contribution in [0.15, 0.2) is 42.6 Å². The van der Waals surface area contributed by atoms with Gasteiger partial charge in [-0.15, -0.1) is 0 Å². The Bertz CT molecular complexity index is 702. The SMILES string of the molecule is CCC1CCCCN1c1ccc(NC(=O)c2ccccc2Cl)nc1. The van der Waals surface area contributed by atoms with Gasteiger partial charge in [0, 0.05) is 12.6 Å². The van der Waals surface area contributed by atoms with Crippen LogP contribution in [0, 0.1) is 0 Å². The van der Waals surface area contributed by atoms with Gasteiger partial charge in [-0.3, -0.25) is 4.79 Å². The second-order valence-electron chi connectivity index (χ2n) is 6.09. The number of nitrogens with zero attached hydrogens (tertiary/aromatic N) is 2. The highest BCUT2D eigenvalue weighted by Gasteiger charge is 2.21. The number of hydrogen-bond acceptors (Lipinski definition) is 3. The van der Waals surface area contributed by atoms with Crippen molar-refractivity contribution in [2.45, 2.75) is 38.6 Å². The Morgan fingerprint density at radius 3 is 2.83 bits per heavy atom. The van der Waals surface area contributed by atoms with Crippen molar-refractivity contribution >= 4 is 29.0 Å². The van der Waals surface area contributed by atoms with Crippen molar-refractivity contribution in [2.24, 2.45) is 0 Å². The van der Waals surface area contributed by atoms with Gasteiger partial charge >= 0.3 is 0 Å². The van der Waals surface area contributed by atoms with Crippen molar-refractivity contribution in [2.75, 3.05) is 16.8 Å². The minimum atomic E-state index is -0.245. The van der Waals surface area contributed by atoms with Crippen molar-refractivity contribution in [1.29, 1.82) is 0 Å². The third-order valence-corrected chi connectivity index (χ3v) is 4.87. The van der Waals surface area contributed by atoms with E-state index >= 15 is 0 Å². The molecule has 1 N–H and O–H groups in total. The minimum absolute atomic E-state index is 0.245. The zero-order valence-electron chi connectivity index (χ0n) is 13.8. The fourth-order valence-corrected chi connectivity index (χ4v) is 3.45. The van der Waals surface area contributed by atoms with E-state index in [1.54, 1.807) is 24.3 Å². The second-order valence-corrected chi connectivity index (χ2v) is 6.49. The molecule has 1 aliphatic rings. The van der Waals surface area contributed by atoms with Crippen LogP contribution >= 0.6 is 11.6 Å². The van der Waals surface area contributed by atoms with Crippen molar-refractivity contribution in [1.82, 2.24) is 4.98 Å². The highest BCUT2D eigenvalue weighted by molar-refractivity contribution is 6.34. The van der Waals surface area contributed by atoms with E-state index in [1.807, 2.05) is 18.3 Å². The lowest BCUT2D eigenvalue weighted by Gasteiger charge is -2.37. The van der Waals surface area contributed by atoms with E-state index in [-0.39, 0.29) is 5.91 Å². The smallest absolute Gasteiger partial charge is 0.258 e. The maximum absolute atomic E-state index is 12.3. The molecule has 1 aromatic heterocycles. The fraction of sp³-hybridized carbons (Fsp3) is 0.368. The second kappa shape index (κ2) is 7.67. The Balaban J connectivity index is 1.70. The number of pyridine rings is 1. The van der Waals surface area contributed by atoms with Crippen LogP contribution in [0.5, 0.6) is 0 Å². The Morgan fingerprint density at radius 1 is 1.29 bits per heavy atom. The maximum Gasteiger partial charge on any atom is 0.258 e. The molecule has 1 fully saturated rings. The zero-order chi connectivity index (χ0) is 16.9. The van der Waals surface area contributed by atoms with Crippen molar-refractivity contribution < 1.29 is 4.79 Å². The first kappa shape index (κ1) is 16.8. The Labute approximate surface area is 147 Å². The van der Waals surface area contributed by atoms with Gasteiger partial charge in [-0.1, -0.05) is 30.7 Å². The molecule has 0 spiro atoms. The lowest BCUT2D eigenvalue weighted by molar-refractivity contribution is 0.102. The lowest BCUT2D eigenvalue weighted by Crippen LogP contribution is -2.39. The van der Waals surface area contributed by atoms with Crippen molar-refractivity contribution in [3.63, 3.8) is 0 Å². The molecule has 0 radical (unpaired) electrons. The van der Waals surface area contributed by atoms with Gasteiger partial charge in [-0.2, -0.15) is 0 Å². The summed E-state index contributed by atoms with van der Waals surface area (Å²) >= 11 is 6.06. The summed E-state index contributed by atoms with van der Waals surface area (Å²) in [4.78, 5) is 19.1. The molecule has 1 unspecified atom stereocenters. The average Bonchev–Trinajstić information content (AvgIpc) is 2.62. The molecule has 4 nitrogen and oxygen atoms in total. The Hall–Kier alpha value is -2.07. The number of piperidine rings is 1. The van der Waals surface area contributed by atoms with E-state index in [0.29, 0.717) is 22.4 Å². The van der Waals surface area contributed by atoms with Gasteiger partial charge in [0.1, 0.15) is 5.82 Å². The van der Waals surface area contributed by atoms with E-state index in [4.69, 9.17) is 11.6 Å². The number of aromatic nitrogens is 1. The number of halogens is 1. The van der Waals surface area contributed by atoms with Crippen LogP contribution in [-0.4, -0.2) is 23.5 Å². The number of rotatable bonds is 4. The Kier molecular flexibility index (Phi) is 5.36. The lowest BCUT2D eigenvalue weighted by atomic mass is 9.99. The molecule has 0 saturated carbocycles. The van der Waals surface area contributed by atoms with Gasteiger partial charge in [0.05, 0.1) is 22.5 Å². The summed E-state index contributed by atoms with van der Waals surface area (Å²) in [5, 5.41) is 3.24. The molecule has 2 aromatic rings. The van der Waals surface area contributed by atoms with E-state index in [2.05, 4.69) is 22.1 Å². The van der Waals surface area contributed by atoms with E-state index < -0.39 is 0 Å². The van der Waals surface area contributed by atoms with Crippen molar-refractivity contribution in [3.05, 3.63) is 53.2 Å². The highest BCUT2D eigenvalue weighted by atomic mass is 35.5. The molecule has 24 heavy (non-hydrogen) atoms. The predicted octanol–water partition coefficient (Wildman–Crippen LogP) is 4.76. The van der Waals surface area contributed by atoms with Gasteiger partial charge in [-0.05, 0) is 49.9 Å². The molecule has 1 amide bonds. The van der Waals surface area contributed by atoms with E-state index in [0.717, 1.165) is 18.7 Å². The van der Waals surface area contributed by atoms with E-state index in [1.165, 1.54) is 19.3 Å². The molecular weight excluding hydrogens is 322 g/mol. The molecule has 0 bridgehead atoms. The third-order valence-electron chi connectivity index (χ3n) is 4.54. The minimum Gasteiger partial charge on any atom is -0.367 e. The van der Waals surface area contributed by atoms with Gasteiger partial charge in [-0.25, -0.2) is 4.98 Å². The van der Waals surface area contributed by atoms with Gasteiger partial charge in [0.15, 0.2) is 0 Å². The molecule has 1 aromatic carbocycles. The number of hydrogen-bond donors (Lipinski definition) is 1. The number of benzene rings is 1. The van der Waals surface area contributed by atoms with Crippen LogP contribution in [0.25, 0.3) is 0 Å². The standard InChI is InChI=1S/C19H22ClN3O/c1-2-14-7-5-6-12-23(14)15-10-11-18(21-13-15)22-19(24)16-8-3-4-9-17(16)20/h3-4,8-11,13-14H,2,5-7,12H2,1H3,(H,21,22,24). The Morgan fingerprint density at radius 2 is 2.12 bits per heavy atom. The molecule has 1 saturated heterocycles. The molecule has 3 rings (SSSR count). The molecule has 1 aliphatic heterocycles. The first-order valence-corrected chi connectivity index (χ1v) is 8.85. The van der Waals surface area contributed by atoms with Gasteiger partial charge < -0.3 is 10.2 Å². The number of anilines is 2. The topological polar surface area (TPSA) is 45.2 Å². The summed E-state index contributed by atoms with van der Waals surface area (Å²) in [6.45, 7) is 3.31. The first-order valence-electron chi connectivity index (χ1n) is 8.47. The van der Waals surface area contributed by atoms with Gasteiger partial charge in [0.2, 0.25) is 0 Å². The number of carbonyl (C=O) groups is 1. The fourth-order valence-electron chi connectivity index (χ4n) is 3.22. The van der Waals surface area contributed by atoms with E-state index in [9.17, 15) is 4.79 Å². The average molecular weight is 344 g/mol. The summed E-state index contributed by atoms with van der Waals surface area (Å²) < 4.78 is 0. The molecule has 0 aliphatic carbocycles. The summed E-state index contributed by atoms with van der Waals surface area (Å²) in [6.07, 6.45) is 6.75. The normalized spacial score (nSPS) is 17.6. The maximum atomic E-state index is 12.3. The molecular formula is C19H22ClN3O. The van der Waals surface area contributed by atoms with Crippen LogP contribution in [0.2, 0.25) is 5.02 Å².